The Kier molecular flexibility index (Phi) is 5.08. The molecular formula is C26H25NO2. The van der Waals surface area contributed by atoms with Crippen molar-refractivity contribution in [2.24, 2.45) is 5.73 Å². The van der Waals surface area contributed by atoms with E-state index in [1.165, 1.54) is 0 Å². The largest absolute Gasteiger partial charge is 0.422 e. The lowest BCUT2D eigenvalue weighted by atomic mass is 9.92. The molecule has 0 saturated carbocycles. The van der Waals surface area contributed by atoms with Gasteiger partial charge in [0.15, 0.2) is 0 Å². The number of hydrogen-bond donors (Lipinski definition) is 1. The molecule has 0 aliphatic heterocycles. The molecule has 4 rings (SSSR count). The van der Waals surface area contributed by atoms with E-state index in [1.54, 1.807) is 0 Å². The zero-order valence-corrected chi connectivity index (χ0v) is 16.8. The summed E-state index contributed by atoms with van der Waals surface area (Å²) in [6.07, 6.45) is 1.66. The molecular weight excluding hydrogens is 358 g/mol. The highest BCUT2D eigenvalue weighted by Gasteiger charge is 2.18. The Morgan fingerprint density at radius 3 is 2.07 bits per heavy atom. The Morgan fingerprint density at radius 1 is 0.828 bits per heavy atom. The minimum atomic E-state index is -0.313. The van der Waals surface area contributed by atoms with Gasteiger partial charge in [0.2, 0.25) is 0 Å². The topological polar surface area (TPSA) is 56.2 Å². The lowest BCUT2D eigenvalue weighted by Crippen LogP contribution is -2.32. The number of hydrogen-bond acceptors (Lipinski definition) is 3. The molecule has 0 bridgehead atoms. The maximum absolute atomic E-state index is 12.9. The van der Waals surface area contributed by atoms with Gasteiger partial charge in [0.05, 0.1) is 5.39 Å². The number of nitrogens with two attached hydrogens (primary N) is 1. The van der Waals surface area contributed by atoms with Gasteiger partial charge in [-0.25, -0.2) is 4.79 Å². The summed E-state index contributed by atoms with van der Waals surface area (Å²) < 4.78 is 5.88. The summed E-state index contributed by atoms with van der Waals surface area (Å²) in [4.78, 5) is 12.9. The zero-order chi connectivity index (χ0) is 20.4. The number of fused-ring (bicyclic) bond motifs is 1. The van der Waals surface area contributed by atoms with E-state index in [9.17, 15) is 4.79 Å². The molecule has 0 atom stereocenters. The van der Waals surface area contributed by atoms with E-state index in [0.29, 0.717) is 11.1 Å². The second-order valence-corrected chi connectivity index (χ2v) is 8.19. The quantitative estimate of drug-likeness (QED) is 0.474. The van der Waals surface area contributed by atoms with Gasteiger partial charge in [0, 0.05) is 22.1 Å². The molecule has 0 unspecified atom stereocenters. The molecule has 3 nitrogen and oxygen atoms in total. The SMILES string of the molecule is CC(C)(N)CCc1ccc2c(-c3ccccc3)c(-c3ccccc3)oc(=O)c2c1. The van der Waals surface area contributed by atoms with Crippen molar-refractivity contribution in [2.75, 3.05) is 0 Å². The van der Waals surface area contributed by atoms with Crippen LogP contribution >= 0.6 is 0 Å². The summed E-state index contributed by atoms with van der Waals surface area (Å²) in [5.74, 6) is 0.602. The second-order valence-electron chi connectivity index (χ2n) is 8.19. The minimum absolute atomic E-state index is 0.244. The van der Waals surface area contributed by atoms with Crippen LogP contribution in [0.5, 0.6) is 0 Å². The molecule has 0 fully saturated rings. The van der Waals surface area contributed by atoms with Crippen molar-refractivity contribution in [1.82, 2.24) is 0 Å². The normalized spacial score (nSPS) is 11.7. The molecule has 0 radical (unpaired) electrons. The first-order valence-corrected chi connectivity index (χ1v) is 9.92. The molecule has 0 saturated heterocycles. The lowest BCUT2D eigenvalue weighted by molar-refractivity contribution is 0.477. The molecule has 1 heterocycles. The number of benzene rings is 3. The van der Waals surface area contributed by atoms with Gasteiger partial charge in [0.1, 0.15) is 5.76 Å². The van der Waals surface area contributed by atoms with Crippen molar-refractivity contribution in [3.8, 4) is 22.5 Å². The molecule has 0 aliphatic carbocycles. The Bertz CT molecular complexity index is 1190. The molecule has 0 amide bonds. The first kappa shape index (κ1) is 19.2. The van der Waals surface area contributed by atoms with Crippen LogP contribution in [0.25, 0.3) is 33.2 Å². The Labute approximate surface area is 170 Å². The monoisotopic (exact) mass is 383 g/mol. The van der Waals surface area contributed by atoms with Gasteiger partial charge in [-0.15, -0.1) is 0 Å². The summed E-state index contributed by atoms with van der Waals surface area (Å²) in [5.41, 5.74) is 9.52. The maximum atomic E-state index is 12.9. The smallest absolute Gasteiger partial charge is 0.344 e. The van der Waals surface area contributed by atoms with E-state index >= 15 is 0 Å². The predicted molar refractivity (Wildman–Crippen MR) is 120 cm³/mol. The average molecular weight is 383 g/mol. The minimum Gasteiger partial charge on any atom is -0.422 e. The Balaban J connectivity index is 1.94. The van der Waals surface area contributed by atoms with Crippen LogP contribution in [-0.2, 0) is 6.42 Å². The van der Waals surface area contributed by atoms with Gasteiger partial charge in [-0.2, -0.15) is 0 Å². The molecule has 0 spiro atoms. The highest BCUT2D eigenvalue weighted by atomic mass is 16.4. The van der Waals surface area contributed by atoms with Gasteiger partial charge >= 0.3 is 5.63 Å². The summed E-state index contributed by atoms with van der Waals surface area (Å²) in [6, 6.07) is 26.0. The van der Waals surface area contributed by atoms with Crippen LogP contribution in [0.2, 0.25) is 0 Å². The fourth-order valence-corrected chi connectivity index (χ4v) is 3.61. The Morgan fingerprint density at radius 2 is 1.45 bits per heavy atom. The van der Waals surface area contributed by atoms with Crippen molar-refractivity contribution >= 4 is 10.8 Å². The Hall–Kier alpha value is -3.17. The van der Waals surface area contributed by atoms with Crippen LogP contribution in [0.15, 0.2) is 88.1 Å². The maximum Gasteiger partial charge on any atom is 0.344 e. The van der Waals surface area contributed by atoms with Crippen LogP contribution in [0, 0.1) is 0 Å². The van der Waals surface area contributed by atoms with Crippen LogP contribution in [0.4, 0.5) is 0 Å². The number of rotatable bonds is 5. The lowest BCUT2D eigenvalue weighted by Gasteiger charge is -2.18. The van der Waals surface area contributed by atoms with Gasteiger partial charge in [-0.05, 0) is 43.9 Å². The van der Waals surface area contributed by atoms with Gasteiger partial charge in [0.25, 0.3) is 0 Å². The molecule has 0 aliphatic rings. The van der Waals surface area contributed by atoms with Crippen LogP contribution in [0.3, 0.4) is 0 Å². The third kappa shape index (κ3) is 4.15. The van der Waals surface area contributed by atoms with Gasteiger partial charge in [-0.3, -0.25) is 0 Å². The molecule has 3 heteroatoms. The van der Waals surface area contributed by atoms with Crippen LogP contribution < -0.4 is 11.4 Å². The van der Waals surface area contributed by atoms with Gasteiger partial charge in [-0.1, -0.05) is 72.8 Å². The first-order chi connectivity index (χ1) is 13.9. The van der Waals surface area contributed by atoms with E-state index in [0.717, 1.165) is 40.5 Å². The summed E-state index contributed by atoms with van der Waals surface area (Å²) >= 11 is 0. The molecule has 29 heavy (non-hydrogen) atoms. The summed E-state index contributed by atoms with van der Waals surface area (Å²) in [6.45, 7) is 4.03. The number of aryl methyl sites for hydroxylation is 1. The molecule has 146 valence electrons. The molecule has 2 N–H and O–H groups in total. The molecule has 3 aromatic carbocycles. The van der Waals surface area contributed by atoms with Gasteiger partial charge < -0.3 is 10.2 Å². The van der Waals surface area contributed by atoms with Crippen molar-refractivity contribution in [1.29, 1.82) is 0 Å². The highest BCUT2D eigenvalue weighted by Crippen LogP contribution is 2.36. The van der Waals surface area contributed by atoms with E-state index in [4.69, 9.17) is 10.2 Å². The summed E-state index contributed by atoms with van der Waals surface area (Å²) in [5, 5.41) is 1.51. The van der Waals surface area contributed by atoms with E-state index in [2.05, 4.69) is 6.07 Å². The van der Waals surface area contributed by atoms with Crippen molar-refractivity contribution in [3.63, 3.8) is 0 Å². The second kappa shape index (κ2) is 7.69. The fraction of sp³-hybridized carbons (Fsp3) is 0.192. The van der Waals surface area contributed by atoms with Crippen molar-refractivity contribution in [3.05, 3.63) is 94.8 Å². The molecule has 4 aromatic rings. The van der Waals surface area contributed by atoms with Crippen LogP contribution in [0.1, 0.15) is 25.8 Å². The average Bonchev–Trinajstić information content (AvgIpc) is 2.73. The van der Waals surface area contributed by atoms with E-state index < -0.39 is 0 Å². The third-order valence-corrected chi connectivity index (χ3v) is 5.15. The van der Waals surface area contributed by atoms with E-state index in [1.807, 2.05) is 86.6 Å². The third-order valence-electron chi connectivity index (χ3n) is 5.15. The van der Waals surface area contributed by atoms with E-state index in [-0.39, 0.29) is 11.2 Å². The highest BCUT2D eigenvalue weighted by molar-refractivity contribution is 6.01. The standard InChI is InChI=1S/C26H25NO2/c1-26(2,27)16-15-18-13-14-21-22(17-18)25(28)29-24(20-11-7-4-8-12-20)23(21)19-9-5-3-6-10-19/h3-14,17H,15-16,27H2,1-2H3. The fourth-order valence-electron chi connectivity index (χ4n) is 3.61. The zero-order valence-electron chi connectivity index (χ0n) is 16.8. The van der Waals surface area contributed by atoms with Crippen molar-refractivity contribution in [2.45, 2.75) is 32.2 Å². The van der Waals surface area contributed by atoms with Crippen molar-refractivity contribution < 1.29 is 4.42 Å². The molecule has 1 aromatic heterocycles. The summed E-state index contributed by atoms with van der Waals surface area (Å²) in [7, 11) is 0. The first-order valence-electron chi connectivity index (χ1n) is 9.92. The van der Waals surface area contributed by atoms with Crippen LogP contribution in [-0.4, -0.2) is 5.54 Å². The predicted octanol–water partition coefficient (Wildman–Crippen LogP) is 5.80.